The Balaban J connectivity index is 2.32. The number of hydrogen-bond donors (Lipinski definition) is 1. The zero-order chi connectivity index (χ0) is 14.9. The second-order valence-corrected chi connectivity index (χ2v) is 7.65. The van der Waals surface area contributed by atoms with Crippen LogP contribution in [0.5, 0.6) is 5.75 Å². The third-order valence-electron chi connectivity index (χ3n) is 2.54. The van der Waals surface area contributed by atoms with Crippen molar-refractivity contribution in [3.05, 3.63) is 41.9 Å². The minimum absolute atomic E-state index is 0.198. The molecule has 0 aliphatic heterocycles. The van der Waals surface area contributed by atoms with E-state index >= 15 is 0 Å². The molecule has 0 aliphatic rings. The number of rotatable bonds is 3. The maximum absolute atomic E-state index is 12.2. The summed E-state index contributed by atoms with van der Waals surface area (Å²) in [7, 11) is 1.54. The van der Waals surface area contributed by atoms with E-state index in [-0.39, 0.29) is 5.91 Å². The first-order valence-corrected chi connectivity index (χ1v) is 8.30. The summed E-state index contributed by atoms with van der Waals surface area (Å²) in [6, 6.07) is 5.19. The van der Waals surface area contributed by atoms with Crippen LogP contribution in [0.15, 0.2) is 26.5 Å². The first-order valence-electron chi connectivity index (χ1n) is 5.52. The van der Waals surface area contributed by atoms with Gasteiger partial charge in [0.2, 0.25) is 0 Å². The molecule has 1 N–H and O–H groups in total. The predicted octanol–water partition coefficient (Wildman–Crippen LogP) is 5.50. The number of anilines is 1. The van der Waals surface area contributed by atoms with E-state index < -0.39 is 0 Å². The Bertz CT molecular complexity index is 653. The van der Waals surface area contributed by atoms with Crippen LogP contribution in [0.1, 0.15) is 15.2 Å². The number of carbonyl (C=O) groups excluding carboxylic acids is 1. The highest BCUT2D eigenvalue weighted by molar-refractivity contribution is 9.11. The smallest absolute Gasteiger partial charge is 0.265 e. The zero-order valence-electron chi connectivity index (χ0n) is 10.6. The molecule has 20 heavy (non-hydrogen) atoms. The second kappa shape index (κ2) is 6.47. The van der Waals surface area contributed by atoms with Gasteiger partial charge in [-0.3, -0.25) is 4.79 Å². The maximum atomic E-state index is 12.2. The summed E-state index contributed by atoms with van der Waals surface area (Å²) < 4.78 is 6.90. The molecule has 1 aromatic carbocycles. The van der Waals surface area contributed by atoms with Gasteiger partial charge in [-0.05, 0) is 62.5 Å². The molecule has 0 bridgehead atoms. The van der Waals surface area contributed by atoms with Crippen molar-refractivity contribution < 1.29 is 9.53 Å². The maximum Gasteiger partial charge on any atom is 0.265 e. The Hall–Kier alpha value is -0.560. The lowest BCUT2D eigenvalue weighted by atomic mass is 10.2. The number of methoxy groups -OCH3 is 1. The van der Waals surface area contributed by atoms with Crippen LogP contribution < -0.4 is 10.1 Å². The van der Waals surface area contributed by atoms with Gasteiger partial charge in [-0.15, -0.1) is 11.3 Å². The lowest BCUT2D eigenvalue weighted by molar-refractivity contribution is 0.103. The van der Waals surface area contributed by atoms with Crippen molar-refractivity contribution in [2.45, 2.75) is 6.92 Å². The number of thiophene rings is 1. The number of nitrogens with one attached hydrogen (secondary N) is 1. The van der Waals surface area contributed by atoms with Crippen LogP contribution in [0.2, 0.25) is 5.02 Å². The monoisotopic (exact) mass is 437 g/mol. The largest absolute Gasteiger partial charge is 0.493 e. The number of ether oxygens (including phenoxy) is 1. The summed E-state index contributed by atoms with van der Waals surface area (Å²) in [5, 5.41) is 3.32. The van der Waals surface area contributed by atoms with Crippen LogP contribution in [-0.4, -0.2) is 13.0 Å². The van der Waals surface area contributed by atoms with E-state index in [2.05, 4.69) is 37.2 Å². The number of hydrogen-bond acceptors (Lipinski definition) is 3. The molecule has 0 fully saturated rings. The number of benzene rings is 1. The van der Waals surface area contributed by atoms with Gasteiger partial charge in [-0.2, -0.15) is 0 Å². The minimum Gasteiger partial charge on any atom is -0.493 e. The summed E-state index contributed by atoms with van der Waals surface area (Å²) in [6.07, 6.45) is 0. The third-order valence-corrected chi connectivity index (χ3v) is 5.48. The molecule has 0 saturated heterocycles. The number of amides is 1. The van der Waals surface area contributed by atoms with Crippen LogP contribution in [0.4, 0.5) is 5.69 Å². The van der Waals surface area contributed by atoms with Crippen molar-refractivity contribution in [2.75, 3.05) is 12.4 Å². The zero-order valence-corrected chi connectivity index (χ0v) is 15.3. The van der Waals surface area contributed by atoms with Gasteiger partial charge >= 0.3 is 0 Å². The van der Waals surface area contributed by atoms with Gasteiger partial charge in [0.25, 0.3) is 5.91 Å². The Morgan fingerprint density at radius 2 is 2.05 bits per heavy atom. The van der Waals surface area contributed by atoms with Gasteiger partial charge in [0.15, 0.2) is 5.75 Å². The van der Waals surface area contributed by atoms with E-state index in [4.69, 9.17) is 16.3 Å². The Kier molecular flexibility index (Phi) is 5.12. The highest BCUT2D eigenvalue weighted by atomic mass is 79.9. The van der Waals surface area contributed by atoms with E-state index in [1.807, 2.05) is 13.0 Å². The Labute approximate surface area is 142 Å². The van der Waals surface area contributed by atoms with Crippen molar-refractivity contribution in [1.29, 1.82) is 0 Å². The van der Waals surface area contributed by atoms with Gasteiger partial charge in [-0.25, -0.2) is 0 Å². The SMILES string of the molecule is COc1c(Br)cc(Cl)cc1NC(=O)c1cc(C)c(Br)s1. The fourth-order valence-electron chi connectivity index (χ4n) is 1.62. The van der Waals surface area contributed by atoms with E-state index in [1.165, 1.54) is 18.4 Å². The summed E-state index contributed by atoms with van der Waals surface area (Å²) in [6.45, 7) is 1.94. The molecule has 3 nitrogen and oxygen atoms in total. The van der Waals surface area contributed by atoms with Crippen molar-refractivity contribution in [2.24, 2.45) is 0 Å². The second-order valence-electron chi connectivity index (χ2n) is 3.99. The summed E-state index contributed by atoms with van der Waals surface area (Å²) >= 11 is 14.1. The Morgan fingerprint density at radius 3 is 2.60 bits per heavy atom. The highest BCUT2D eigenvalue weighted by Crippen LogP contribution is 2.37. The predicted molar refractivity (Wildman–Crippen MR) is 90.4 cm³/mol. The lowest BCUT2D eigenvalue weighted by Gasteiger charge is -2.11. The number of carbonyl (C=O) groups is 1. The van der Waals surface area contributed by atoms with Crippen LogP contribution in [0.3, 0.4) is 0 Å². The standard InChI is InChI=1S/C13H10Br2ClNO2S/c1-6-3-10(20-12(6)15)13(18)17-9-5-7(16)4-8(14)11(9)19-2/h3-5H,1-2H3,(H,17,18). The van der Waals surface area contributed by atoms with Crippen molar-refractivity contribution >= 4 is 66.4 Å². The molecule has 106 valence electrons. The highest BCUT2D eigenvalue weighted by Gasteiger charge is 2.16. The quantitative estimate of drug-likeness (QED) is 0.686. The molecule has 0 radical (unpaired) electrons. The number of aryl methyl sites for hydroxylation is 1. The first-order chi connectivity index (χ1) is 9.42. The normalized spacial score (nSPS) is 10.4. The van der Waals surface area contributed by atoms with Crippen LogP contribution in [0.25, 0.3) is 0 Å². The molecule has 1 heterocycles. The van der Waals surface area contributed by atoms with Gasteiger partial charge in [-0.1, -0.05) is 11.6 Å². The molecule has 7 heteroatoms. The van der Waals surface area contributed by atoms with Crippen molar-refractivity contribution in [3.8, 4) is 5.75 Å². The molecule has 0 saturated carbocycles. The molecule has 0 atom stereocenters. The molecule has 1 amide bonds. The van der Waals surface area contributed by atoms with Gasteiger partial charge in [0.05, 0.1) is 25.9 Å². The molecule has 0 spiro atoms. The van der Waals surface area contributed by atoms with E-state index in [1.54, 1.807) is 12.1 Å². The molecule has 0 unspecified atom stereocenters. The Morgan fingerprint density at radius 1 is 1.35 bits per heavy atom. The lowest BCUT2D eigenvalue weighted by Crippen LogP contribution is -2.11. The fourth-order valence-corrected chi connectivity index (χ4v) is 4.02. The van der Waals surface area contributed by atoms with E-state index in [9.17, 15) is 4.79 Å². The molecule has 0 aliphatic carbocycles. The third kappa shape index (κ3) is 3.36. The molecule has 2 rings (SSSR count). The van der Waals surface area contributed by atoms with Gasteiger partial charge in [0, 0.05) is 5.02 Å². The first kappa shape index (κ1) is 15.8. The van der Waals surface area contributed by atoms with Crippen molar-refractivity contribution in [3.63, 3.8) is 0 Å². The van der Waals surface area contributed by atoms with Crippen LogP contribution in [0, 0.1) is 6.92 Å². The van der Waals surface area contributed by atoms with Gasteiger partial charge in [0.1, 0.15) is 0 Å². The van der Waals surface area contributed by atoms with Crippen LogP contribution in [-0.2, 0) is 0 Å². The topological polar surface area (TPSA) is 38.3 Å². The number of halogens is 3. The molecule has 2 aromatic rings. The molecular weight excluding hydrogens is 429 g/mol. The van der Waals surface area contributed by atoms with E-state index in [0.29, 0.717) is 25.8 Å². The summed E-state index contributed by atoms with van der Waals surface area (Å²) in [5.41, 5.74) is 1.55. The molecular formula is C13H10Br2ClNO2S. The van der Waals surface area contributed by atoms with Crippen molar-refractivity contribution in [1.82, 2.24) is 0 Å². The van der Waals surface area contributed by atoms with E-state index in [0.717, 1.165) is 9.35 Å². The van der Waals surface area contributed by atoms with Crippen LogP contribution >= 0.6 is 54.8 Å². The average molecular weight is 440 g/mol. The summed E-state index contributed by atoms with van der Waals surface area (Å²) in [4.78, 5) is 12.9. The minimum atomic E-state index is -0.198. The van der Waals surface area contributed by atoms with Gasteiger partial charge < -0.3 is 10.1 Å². The molecule has 1 aromatic heterocycles. The summed E-state index contributed by atoms with van der Waals surface area (Å²) in [5.74, 6) is 0.339. The fraction of sp³-hybridized carbons (Fsp3) is 0.154. The average Bonchev–Trinajstić information content (AvgIpc) is 2.69.